The molecule has 1 saturated heterocycles. The molecule has 1 aliphatic rings. The van der Waals surface area contributed by atoms with Crippen LogP contribution < -0.4 is 15.5 Å². The third-order valence-corrected chi connectivity index (χ3v) is 3.92. The van der Waals surface area contributed by atoms with Gasteiger partial charge in [0.15, 0.2) is 5.13 Å². The Kier molecular flexibility index (Phi) is 4.01. The Morgan fingerprint density at radius 1 is 1.45 bits per heavy atom. The molecular weight excluding hydrogens is 307 g/mol. The minimum Gasteiger partial charge on any atom is -0.333 e. The average molecular weight is 320 g/mol. The Hall–Kier alpha value is -2.48. The summed E-state index contributed by atoms with van der Waals surface area (Å²) in [5.41, 5.74) is 0.495. The van der Waals surface area contributed by atoms with Crippen molar-refractivity contribution >= 4 is 34.1 Å². The number of thiazole rings is 1. The molecule has 2 N–H and O–H groups in total. The van der Waals surface area contributed by atoms with E-state index in [-0.39, 0.29) is 18.4 Å². The lowest BCUT2D eigenvalue weighted by Gasteiger charge is -2.17. The van der Waals surface area contributed by atoms with Crippen LogP contribution in [0, 0.1) is 5.82 Å². The van der Waals surface area contributed by atoms with Crippen molar-refractivity contribution in [2.75, 3.05) is 16.8 Å². The van der Waals surface area contributed by atoms with E-state index in [4.69, 9.17) is 0 Å². The fraction of sp³-hybridized carbons (Fsp3) is 0.214. The Morgan fingerprint density at radius 2 is 2.32 bits per heavy atom. The Labute approximate surface area is 130 Å². The van der Waals surface area contributed by atoms with Gasteiger partial charge >= 0.3 is 6.03 Å². The highest BCUT2D eigenvalue weighted by molar-refractivity contribution is 7.13. The molecule has 6 nitrogen and oxygen atoms in total. The maximum Gasteiger partial charge on any atom is 0.321 e. The third kappa shape index (κ3) is 3.22. The first-order valence-electron chi connectivity index (χ1n) is 6.65. The summed E-state index contributed by atoms with van der Waals surface area (Å²) in [5, 5.41) is 7.56. The van der Waals surface area contributed by atoms with Crippen molar-refractivity contribution < 1.29 is 14.0 Å². The topological polar surface area (TPSA) is 74.3 Å². The number of nitrogens with one attached hydrogen (secondary N) is 2. The molecule has 8 heteroatoms. The molecule has 3 rings (SSSR count). The lowest BCUT2D eigenvalue weighted by molar-refractivity contribution is -0.117. The number of hydrogen-bond acceptors (Lipinski definition) is 4. The predicted molar refractivity (Wildman–Crippen MR) is 81.4 cm³/mol. The van der Waals surface area contributed by atoms with E-state index in [1.165, 1.54) is 28.4 Å². The van der Waals surface area contributed by atoms with Crippen LogP contribution in [0.2, 0.25) is 0 Å². The van der Waals surface area contributed by atoms with Gasteiger partial charge in [0.2, 0.25) is 5.91 Å². The molecule has 1 fully saturated rings. The van der Waals surface area contributed by atoms with Gasteiger partial charge < -0.3 is 10.2 Å². The number of amides is 3. The molecule has 1 aliphatic heterocycles. The zero-order chi connectivity index (χ0) is 15.5. The van der Waals surface area contributed by atoms with Crippen LogP contribution in [0.15, 0.2) is 35.8 Å². The summed E-state index contributed by atoms with van der Waals surface area (Å²) in [7, 11) is 0. The first kappa shape index (κ1) is 14.5. The Balaban J connectivity index is 1.61. The highest BCUT2D eigenvalue weighted by Crippen LogP contribution is 2.22. The van der Waals surface area contributed by atoms with E-state index in [1.807, 2.05) is 0 Å². The fourth-order valence-corrected chi connectivity index (χ4v) is 2.83. The van der Waals surface area contributed by atoms with Gasteiger partial charge in [-0.25, -0.2) is 14.2 Å². The monoisotopic (exact) mass is 320 g/mol. The molecule has 0 aliphatic carbocycles. The quantitative estimate of drug-likeness (QED) is 0.910. The number of halogens is 1. The van der Waals surface area contributed by atoms with Crippen LogP contribution in [-0.4, -0.2) is 29.5 Å². The summed E-state index contributed by atoms with van der Waals surface area (Å²) in [5.74, 6) is -0.548. The van der Waals surface area contributed by atoms with E-state index in [2.05, 4.69) is 15.6 Å². The molecule has 0 saturated carbocycles. The number of rotatable bonds is 3. The Bertz CT molecular complexity index is 692. The highest BCUT2D eigenvalue weighted by atomic mass is 32.1. The van der Waals surface area contributed by atoms with Crippen LogP contribution in [0.3, 0.4) is 0 Å². The second kappa shape index (κ2) is 6.10. The second-order valence-electron chi connectivity index (χ2n) is 4.82. The van der Waals surface area contributed by atoms with Gasteiger partial charge in [0.05, 0.1) is 6.04 Å². The minimum atomic E-state index is -0.408. The second-order valence-corrected chi connectivity index (χ2v) is 5.72. The molecule has 0 spiro atoms. The van der Waals surface area contributed by atoms with Crippen LogP contribution >= 0.6 is 11.3 Å². The van der Waals surface area contributed by atoms with E-state index in [0.29, 0.717) is 17.4 Å². The van der Waals surface area contributed by atoms with E-state index in [9.17, 15) is 14.0 Å². The standard InChI is InChI=1S/C14H13FN4O2S/c15-9-2-1-3-11(6-9)19-8-10(7-12(19)20)17-13(21)18-14-16-4-5-22-14/h1-6,10H,7-8H2,(H2,16,17,18,21)/t10-/m0/s1. The number of urea groups is 1. The highest BCUT2D eigenvalue weighted by Gasteiger charge is 2.31. The smallest absolute Gasteiger partial charge is 0.321 e. The summed E-state index contributed by atoms with van der Waals surface area (Å²) in [6.45, 7) is 0.313. The fourth-order valence-electron chi connectivity index (χ4n) is 2.30. The van der Waals surface area contributed by atoms with Crippen LogP contribution in [-0.2, 0) is 4.79 Å². The van der Waals surface area contributed by atoms with Crippen LogP contribution in [0.1, 0.15) is 6.42 Å². The molecule has 2 aromatic rings. The number of benzene rings is 1. The number of carbonyl (C=O) groups excluding carboxylic acids is 2. The van der Waals surface area contributed by atoms with Gasteiger partial charge in [0.25, 0.3) is 0 Å². The van der Waals surface area contributed by atoms with Crippen molar-refractivity contribution in [2.24, 2.45) is 0 Å². The van der Waals surface area contributed by atoms with Crippen molar-refractivity contribution in [3.63, 3.8) is 0 Å². The van der Waals surface area contributed by atoms with Crippen molar-refractivity contribution in [3.8, 4) is 0 Å². The summed E-state index contributed by atoms with van der Waals surface area (Å²) in [6, 6.07) is 5.11. The van der Waals surface area contributed by atoms with Gasteiger partial charge in [0, 0.05) is 30.2 Å². The molecule has 114 valence electrons. The number of anilines is 2. The lowest BCUT2D eigenvalue weighted by atomic mass is 10.2. The molecule has 2 heterocycles. The summed E-state index contributed by atoms with van der Waals surface area (Å²) < 4.78 is 13.2. The molecule has 1 aromatic heterocycles. The molecule has 1 aromatic carbocycles. The van der Waals surface area contributed by atoms with E-state index < -0.39 is 11.8 Å². The van der Waals surface area contributed by atoms with Gasteiger partial charge in [-0.2, -0.15) is 0 Å². The third-order valence-electron chi connectivity index (χ3n) is 3.23. The van der Waals surface area contributed by atoms with Crippen molar-refractivity contribution in [2.45, 2.75) is 12.5 Å². The number of hydrogen-bond donors (Lipinski definition) is 2. The predicted octanol–water partition coefficient (Wildman–Crippen LogP) is 2.21. The van der Waals surface area contributed by atoms with Crippen molar-refractivity contribution in [1.82, 2.24) is 10.3 Å². The molecular formula is C14H13FN4O2S. The first-order chi connectivity index (χ1) is 10.6. The van der Waals surface area contributed by atoms with E-state index in [1.54, 1.807) is 23.7 Å². The SMILES string of the molecule is O=C(Nc1nccs1)N[C@H]1CC(=O)N(c2cccc(F)c2)C1. The summed E-state index contributed by atoms with van der Waals surface area (Å²) in [6.07, 6.45) is 1.77. The van der Waals surface area contributed by atoms with Crippen LogP contribution in [0.5, 0.6) is 0 Å². The van der Waals surface area contributed by atoms with Gasteiger partial charge in [-0.15, -0.1) is 11.3 Å². The number of carbonyl (C=O) groups is 2. The molecule has 22 heavy (non-hydrogen) atoms. The molecule has 0 unspecified atom stereocenters. The van der Waals surface area contributed by atoms with Crippen molar-refractivity contribution in [1.29, 1.82) is 0 Å². The Morgan fingerprint density at radius 3 is 3.05 bits per heavy atom. The minimum absolute atomic E-state index is 0.148. The van der Waals surface area contributed by atoms with Gasteiger partial charge in [-0.05, 0) is 18.2 Å². The van der Waals surface area contributed by atoms with Gasteiger partial charge in [0.1, 0.15) is 5.82 Å². The van der Waals surface area contributed by atoms with Crippen LogP contribution in [0.25, 0.3) is 0 Å². The van der Waals surface area contributed by atoms with Gasteiger partial charge in [-0.1, -0.05) is 6.07 Å². The largest absolute Gasteiger partial charge is 0.333 e. The zero-order valence-electron chi connectivity index (χ0n) is 11.5. The molecule has 0 bridgehead atoms. The maximum atomic E-state index is 13.2. The molecule has 0 radical (unpaired) electrons. The van der Waals surface area contributed by atoms with Crippen LogP contribution in [0.4, 0.5) is 20.0 Å². The average Bonchev–Trinajstić information content (AvgIpc) is 3.08. The normalized spacial score (nSPS) is 17.6. The molecule has 3 amide bonds. The summed E-state index contributed by atoms with van der Waals surface area (Å²) in [4.78, 5) is 29.3. The molecule has 1 atom stereocenters. The van der Waals surface area contributed by atoms with Crippen molar-refractivity contribution in [3.05, 3.63) is 41.7 Å². The first-order valence-corrected chi connectivity index (χ1v) is 7.53. The number of nitrogens with zero attached hydrogens (tertiary/aromatic N) is 2. The maximum absolute atomic E-state index is 13.2. The summed E-state index contributed by atoms with van der Waals surface area (Å²) >= 11 is 1.31. The lowest BCUT2D eigenvalue weighted by Crippen LogP contribution is -2.39. The van der Waals surface area contributed by atoms with E-state index >= 15 is 0 Å². The number of aromatic nitrogens is 1. The van der Waals surface area contributed by atoms with Gasteiger partial charge in [-0.3, -0.25) is 10.1 Å². The zero-order valence-corrected chi connectivity index (χ0v) is 12.3. The van der Waals surface area contributed by atoms with E-state index in [0.717, 1.165) is 0 Å².